The molecule has 0 unspecified atom stereocenters. The van der Waals surface area contributed by atoms with E-state index in [2.05, 4.69) is 27.2 Å². The number of aromatic nitrogens is 2. The fourth-order valence-corrected chi connectivity index (χ4v) is 10.5. The number of aliphatic carboxylic acids is 1. The number of nitrogens with one attached hydrogen (secondary N) is 1. The van der Waals surface area contributed by atoms with Crippen molar-refractivity contribution in [2.45, 2.75) is 166 Å². The minimum Gasteiger partial charge on any atom is -0.501 e. The van der Waals surface area contributed by atoms with Gasteiger partial charge in [0.2, 0.25) is 23.1 Å². The number of carbonyl (C=O) groups is 3. The van der Waals surface area contributed by atoms with Crippen LogP contribution in [-0.4, -0.2) is 92.0 Å². The number of nitrogens with two attached hydrogens (primary N) is 1. The Hall–Kier alpha value is -7.89. The lowest BCUT2D eigenvalue weighted by Gasteiger charge is -2.26. The number of hydrogen-bond acceptors (Lipinski definition) is 16. The van der Waals surface area contributed by atoms with Gasteiger partial charge in [-0.3, -0.25) is 4.79 Å². The first-order chi connectivity index (χ1) is 40.2. The van der Waals surface area contributed by atoms with Crippen LogP contribution in [0.5, 0.6) is 17.2 Å². The van der Waals surface area contributed by atoms with Crippen molar-refractivity contribution >= 4 is 54.6 Å². The fraction of sp³-hybridized carbons (Fsp3) is 0.422. The van der Waals surface area contributed by atoms with Crippen molar-refractivity contribution in [3.8, 4) is 17.2 Å². The van der Waals surface area contributed by atoms with Gasteiger partial charge in [-0.05, 0) is 156 Å². The van der Waals surface area contributed by atoms with Gasteiger partial charge in [0.25, 0.3) is 26.0 Å². The molecule has 2 aromatic heterocycles. The van der Waals surface area contributed by atoms with E-state index >= 15 is 0 Å². The first-order valence-electron chi connectivity index (χ1n) is 27.8. The number of carbonyl (C=O) groups excluding carboxylic acids is 2. The van der Waals surface area contributed by atoms with Crippen LogP contribution in [0.3, 0.4) is 0 Å². The number of amides is 1. The van der Waals surface area contributed by atoms with Gasteiger partial charge in [0.05, 0.1) is 38.6 Å². The number of ether oxygens (including phenoxy) is 7. The Kier molecular flexibility index (Phi) is 22.2. The highest BCUT2D eigenvalue weighted by Gasteiger charge is 2.57. The Morgan fingerprint density at radius 1 is 0.575 bits per heavy atom. The van der Waals surface area contributed by atoms with Gasteiger partial charge in [-0.2, -0.15) is 17.2 Å². The molecule has 0 radical (unpaired) electrons. The second-order valence-electron chi connectivity index (χ2n) is 22.5. The molecule has 5 aromatic rings. The van der Waals surface area contributed by atoms with Gasteiger partial charge in [0.15, 0.2) is 15.7 Å². The standard InChI is InChI=1S/C21H21FN2O5S.C20H26O4.C16H18O4.C5H5FN2O2S.2CH4/c1-14-7-8-16(15-4-3-11-28-13-15)17(12-14)29-21(9-10-21)20(25)24-30(26,27)19-6-2-5-18(22)23-19;1-14-7-8-16(15-6-5-11-22-13-15)17(12-14)23-20(9-10-20)18(21)24-19(2,3)4;1-11-4-5-13(12-3-2-8-19-10-12)14(9-11)20-16(6-7-16)15(17)18;6-4-2-1-3-5(8-4)11(7,9)10;;/h2,5-8,12-13H,3-4,9-11H2,1H3,(H,24,25);7-8,12-13H,5-6,9-11H2,1-4H3;4-5,9-10H,2-3,6-8H2,1H3,(H,17,18);1-3H,(H2,7,9,10);2*1H4. The topological polar surface area (TPSA) is 268 Å². The number of aryl methyl sites for hydroxylation is 3. The Morgan fingerprint density at radius 3 is 1.26 bits per heavy atom. The van der Waals surface area contributed by atoms with Crippen LogP contribution >= 0.6 is 0 Å². The molecule has 5 heterocycles. The maximum absolute atomic E-state index is 13.3. The smallest absolute Gasteiger partial charge is 0.351 e. The maximum Gasteiger partial charge on any atom is 0.351 e. The van der Waals surface area contributed by atoms with Gasteiger partial charge in [-0.15, -0.1) is 0 Å². The van der Waals surface area contributed by atoms with Crippen molar-refractivity contribution in [2.75, 3.05) is 19.8 Å². The van der Waals surface area contributed by atoms with Crippen molar-refractivity contribution in [3.05, 3.63) is 155 Å². The van der Waals surface area contributed by atoms with Gasteiger partial charge in [0.1, 0.15) is 22.8 Å². The summed E-state index contributed by atoms with van der Waals surface area (Å²) < 4.78 is 113. The summed E-state index contributed by atoms with van der Waals surface area (Å²) in [5.41, 5.74) is 5.39. The molecule has 87 heavy (non-hydrogen) atoms. The Bertz CT molecular complexity index is 3650. The van der Waals surface area contributed by atoms with Crippen molar-refractivity contribution in [1.82, 2.24) is 14.7 Å². The van der Waals surface area contributed by atoms with Crippen molar-refractivity contribution in [1.29, 1.82) is 0 Å². The molecule has 3 aliphatic carbocycles. The number of halogens is 2. The van der Waals surface area contributed by atoms with E-state index in [1.54, 1.807) is 12.5 Å². The van der Waals surface area contributed by atoms with E-state index in [4.69, 9.17) is 33.2 Å². The molecule has 0 atom stereocenters. The molecular formula is C64H78F2N4O15S2. The van der Waals surface area contributed by atoms with Gasteiger partial charge >= 0.3 is 11.9 Å². The van der Waals surface area contributed by atoms with Crippen molar-refractivity contribution < 1.29 is 78.3 Å². The molecule has 3 aliphatic heterocycles. The molecule has 0 saturated heterocycles. The van der Waals surface area contributed by atoms with Gasteiger partial charge < -0.3 is 38.3 Å². The highest BCUT2D eigenvalue weighted by atomic mass is 32.2. The third kappa shape index (κ3) is 18.3. The third-order valence-corrected chi connectivity index (χ3v) is 16.1. The summed E-state index contributed by atoms with van der Waals surface area (Å²) in [5.74, 6) is -1.85. The average Bonchev–Trinajstić information content (AvgIpc) is 1.71. The minimum absolute atomic E-state index is 0. The van der Waals surface area contributed by atoms with E-state index in [0.717, 1.165) is 132 Å². The summed E-state index contributed by atoms with van der Waals surface area (Å²) in [6, 6.07) is 24.4. The highest BCUT2D eigenvalue weighted by Crippen LogP contribution is 2.47. The largest absolute Gasteiger partial charge is 0.501 e. The number of rotatable bonds is 15. The highest BCUT2D eigenvalue weighted by molar-refractivity contribution is 7.90. The first kappa shape index (κ1) is 68.2. The number of carboxylic acid groups (broad SMARTS) is 1. The van der Waals surface area contributed by atoms with Crippen LogP contribution < -0.4 is 24.1 Å². The number of allylic oxidation sites excluding steroid dienone is 3. The van der Waals surface area contributed by atoms with Crippen LogP contribution in [0.15, 0.2) is 120 Å². The van der Waals surface area contributed by atoms with Crippen LogP contribution in [0, 0.1) is 32.7 Å². The van der Waals surface area contributed by atoms with E-state index in [9.17, 15) is 45.1 Å². The summed E-state index contributed by atoms with van der Waals surface area (Å²) >= 11 is 0. The summed E-state index contributed by atoms with van der Waals surface area (Å²) in [7, 11) is -8.19. The van der Waals surface area contributed by atoms with E-state index in [1.165, 1.54) is 12.1 Å². The zero-order chi connectivity index (χ0) is 61.4. The minimum atomic E-state index is -4.32. The summed E-state index contributed by atoms with van der Waals surface area (Å²) in [6.07, 6.45) is 14.1. The van der Waals surface area contributed by atoms with Gasteiger partial charge in [-0.1, -0.05) is 63.4 Å². The molecule has 4 N–H and O–H groups in total. The monoisotopic (exact) mass is 1240 g/mol. The number of nitrogens with zero attached hydrogens (tertiary/aromatic N) is 2. The fourth-order valence-electron chi connectivity index (χ4n) is 9.01. The Morgan fingerprint density at radius 2 is 0.943 bits per heavy atom. The number of esters is 1. The number of primary sulfonamides is 1. The number of pyridine rings is 2. The van der Waals surface area contributed by atoms with Crippen molar-refractivity contribution in [3.63, 3.8) is 0 Å². The molecular weight excluding hydrogens is 1170 g/mol. The van der Waals surface area contributed by atoms with Crippen LogP contribution in [0.25, 0.3) is 16.7 Å². The zero-order valence-electron chi connectivity index (χ0n) is 48.2. The van der Waals surface area contributed by atoms with Crippen LogP contribution in [-0.2, 0) is 53.4 Å². The normalized spacial score (nSPS) is 17.3. The lowest BCUT2D eigenvalue weighted by molar-refractivity contribution is -0.165. The predicted octanol–water partition coefficient (Wildman–Crippen LogP) is 11.8. The molecule has 470 valence electrons. The quantitative estimate of drug-likeness (QED) is 0.0649. The molecule has 3 saturated carbocycles. The Labute approximate surface area is 508 Å². The molecule has 0 bridgehead atoms. The van der Waals surface area contributed by atoms with E-state index < -0.39 is 76.3 Å². The lowest BCUT2D eigenvalue weighted by atomic mass is 9.99. The molecule has 1 amide bonds. The van der Waals surface area contributed by atoms with E-state index in [1.807, 2.05) is 95.0 Å². The summed E-state index contributed by atoms with van der Waals surface area (Å²) in [4.78, 5) is 43.0. The van der Waals surface area contributed by atoms with Gasteiger partial charge in [-0.25, -0.2) is 37.8 Å². The molecule has 6 aliphatic rings. The van der Waals surface area contributed by atoms with Gasteiger partial charge in [0, 0.05) is 55.2 Å². The molecule has 3 aromatic carbocycles. The second-order valence-corrected chi connectivity index (χ2v) is 25.7. The molecule has 3 fully saturated rings. The van der Waals surface area contributed by atoms with Crippen LogP contribution in [0.2, 0.25) is 0 Å². The maximum atomic E-state index is 13.3. The molecule has 23 heteroatoms. The summed E-state index contributed by atoms with van der Waals surface area (Å²) in [5, 5.41) is 12.9. The SMILES string of the molecule is C.C.Cc1ccc(C2=COCCC2)c(OC2(C(=O)NS(=O)(=O)c3cccc(F)n3)CC2)c1.Cc1ccc(C2=COCCC2)c(OC2(C(=O)O)CC2)c1.Cc1ccc(C2=COCCC2)c(OC2(C(=O)OC(C)(C)C)CC2)c1.NS(=O)(=O)c1cccc(F)n1. The number of benzene rings is 3. The van der Waals surface area contributed by atoms with E-state index in [-0.39, 0.29) is 20.8 Å². The predicted molar refractivity (Wildman–Crippen MR) is 323 cm³/mol. The second kappa shape index (κ2) is 28.3. The van der Waals surface area contributed by atoms with Crippen LogP contribution in [0.4, 0.5) is 8.78 Å². The first-order valence-corrected chi connectivity index (χ1v) is 30.9. The Balaban J connectivity index is 0.000000193. The molecule has 11 rings (SSSR count). The van der Waals surface area contributed by atoms with E-state index in [0.29, 0.717) is 56.6 Å². The number of carboxylic acids is 1. The third-order valence-electron chi connectivity index (χ3n) is 14.0. The molecule has 19 nitrogen and oxygen atoms in total. The summed E-state index contributed by atoms with van der Waals surface area (Å²) in [6.45, 7) is 13.7. The lowest BCUT2D eigenvalue weighted by Crippen LogP contribution is -2.43. The number of sulfonamides is 2. The number of hydrogen-bond donors (Lipinski definition) is 3. The zero-order valence-corrected chi connectivity index (χ0v) is 49.8. The average molecular weight is 1250 g/mol. The van der Waals surface area contributed by atoms with Crippen LogP contribution in [0.1, 0.15) is 146 Å². The van der Waals surface area contributed by atoms with Crippen molar-refractivity contribution in [2.24, 2.45) is 5.14 Å². The molecule has 0 spiro atoms.